The third-order valence-electron chi connectivity index (χ3n) is 4.56. The van der Waals surface area contributed by atoms with Crippen molar-refractivity contribution in [2.45, 2.75) is 92.3 Å². The molecule has 1 saturated carbocycles. The molecule has 0 bridgehead atoms. The molecule has 0 unspecified atom stereocenters. The molecule has 0 heterocycles. The van der Waals surface area contributed by atoms with Crippen molar-refractivity contribution in [2.24, 2.45) is 11.3 Å². The Bertz CT molecular complexity index is 360. The standard InChI is InChI=1S/C20H36O/c1-8-9-10-16(2)15-20(6,7)21-18-13-11-17(12-14-18)19(3,4)5/h9-10,15,17-18H,8,11-14H2,1-7H3/b10-9-,16-15+/t17-,18-. The zero-order valence-electron chi connectivity index (χ0n) is 15.3. The van der Waals surface area contributed by atoms with Gasteiger partial charge in [0.25, 0.3) is 0 Å². The molecule has 0 aliphatic heterocycles. The fourth-order valence-corrected chi connectivity index (χ4v) is 3.41. The fraction of sp³-hybridized carbons (Fsp3) is 0.800. The normalized spacial score (nSPS) is 25.6. The van der Waals surface area contributed by atoms with Gasteiger partial charge < -0.3 is 4.74 Å². The third-order valence-corrected chi connectivity index (χ3v) is 4.56. The molecule has 0 atom stereocenters. The molecule has 122 valence electrons. The van der Waals surface area contributed by atoms with E-state index in [9.17, 15) is 0 Å². The van der Waals surface area contributed by atoms with Crippen molar-refractivity contribution in [3.05, 3.63) is 23.8 Å². The maximum atomic E-state index is 6.38. The van der Waals surface area contributed by atoms with Crippen LogP contribution in [0.4, 0.5) is 0 Å². The zero-order valence-corrected chi connectivity index (χ0v) is 15.3. The van der Waals surface area contributed by atoms with Crippen molar-refractivity contribution in [1.82, 2.24) is 0 Å². The lowest BCUT2D eigenvalue weighted by molar-refractivity contribution is -0.0683. The molecule has 0 saturated heterocycles. The van der Waals surface area contributed by atoms with Crippen molar-refractivity contribution in [1.29, 1.82) is 0 Å². The summed E-state index contributed by atoms with van der Waals surface area (Å²) in [6, 6.07) is 0. The molecule has 0 N–H and O–H groups in total. The highest BCUT2D eigenvalue weighted by Gasteiger charge is 2.32. The molecule has 0 aromatic carbocycles. The van der Waals surface area contributed by atoms with E-state index in [2.05, 4.69) is 66.7 Å². The van der Waals surface area contributed by atoms with Gasteiger partial charge in [0.15, 0.2) is 0 Å². The SMILES string of the molecule is CC/C=C\C(C)=C\C(C)(C)O[C@H]1CC[C@H](C(C)(C)C)CC1. The molecule has 1 heteroatoms. The van der Waals surface area contributed by atoms with Crippen LogP contribution in [0, 0.1) is 11.3 Å². The van der Waals surface area contributed by atoms with Gasteiger partial charge in [-0.2, -0.15) is 0 Å². The first-order valence-corrected chi connectivity index (χ1v) is 8.68. The molecular formula is C20H36O. The van der Waals surface area contributed by atoms with Gasteiger partial charge in [0, 0.05) is 0 Å². The summed E-state index contributed by atoms with van der Waals surface area (Å²) in [7, 11) is 0. The minimum absolute atomic E-state index is 0.165. The van der Waals surface area contributed by atoms with Crippen LogP contribution in [0.2, 0.25) is 0 Å². The first-order chi connectivity index (χ1) is 9.64. The molecule has 0 amide bonds. The molecule has 0 radical (unpaired) electrons. The number of hydrogen-bond donors (Lipinski definition) is 0. The summed E-state index contributed by atoms with van der Waals surface area (Å²) in [6.07, 6.45) is 13.2. The van der Waals surface area contributed by atoms with Crippen molar-refractivity contribution in [3.8, 4) is 0 Å². The maximum absolute atomic E-state index is 6.38. The van der Waals surface area contributed by atoms with Crippen molar-refractivity contribution in [3.63, 3.8) is 0 Å². The number of hydrogen-bond acceptors (Lipinski definition) is 1. The van der Waals surface area contributed by atoms with Gasteiger partial charge in [-0.3, -0.25) is 0 Å². The van der Waals surface area contributed by atoms with E-state index in [0.29, 0.717) is 11.5 Å². The molecule has 1 fully saturated rings. The molecule has 0 spiro atoms. The van der Waals surface area contributed by atoms with E-state index in [-0.39, 0.29) is 5.60 Å². The molecular weight excluding hydrogens is 256 g/mol. The second-order valence-corrected chi connectivity index (χ2v) is 8.26. The van der Waals surface area contributed by atoms with E-state index in [4.69, 9.17) is 4.74 Å². The second-order valence-electron chi connectivity index (χ2n) is 8.26. The van der Waals surface area contributed by atoms with Crippen LogP contribution in [0.1, 0.15) is 80.6 Å². The highest BCUT2D eigenvalue weighted by atomic mass is 16.5. The molecule has 1 aliphatic carbocycles. The molecule has 1 nitrogen and oxygen atoms in total. The summed E-state index contributed by atoms with van der Waals surface area (Å²) < 4.78 is 6.38. The molecule has 1 aliphatic rings. The average Bonchev–Trinajstić information content (AvgIpc) is 2.34. The van der Waals surface area contributed by atoms with Crippen LogP contribution < -0.4 is 0 Å². The van der Waals surface area contributed by atoms with E-state index in [0.717, 1.165) is 12.3 Å². The minimum Gasteiger partial charge on any atom is -0.368 e. The molecule has 0 aromatic rings. The third kappa shape index (κ3) is 6.82. The van der Waals surface area contributed by atoms with Crippen LogP contribution in [-0.4, -0.2) is 11.7 Å². The van der Waals surface area contributed by atoms with Gasteiger partial charge in [0.1, 0.15) is 0 Å². The summed E-state index contributed by atoms with van der Waals surface area (Å²) in [5, 5.41) is 0. The Morgan fingerprint density at radius 3 is 2.10 bits per heavy atom. The Kier molecular flexibility index (Phi) is 6.71. The number of allylic oxidation sites excluding steroid dienone is 3. The average molecular weight is 293 g/mol. The first-order valence-electron chi connectivity index (χ1n) is 8.68. The largest absolute Gasteiger partial charge is 0.368 e. The summed E-state index contributed by atoms with van der Waals surface area (Å²) in [5.74, 6) is 0.852. The van der Waals surface area contributed by atoms with Gasteiger partial charge >= 0.3 is 0 Å². The summed E-state index contributed by atoms with van der Waals surface area (Å²) in [5.41, 5.74) is 1.58. The lowest BCUT2D eigenvalue weighted by Crippen LogP contribution is -2.34. The lowest BCUT2D eigenvalue weighted by atomic mass is 9.72. The Morgan fingerprint density at radius 1 is 1.05 bits per heavy atom. The van der Waals surface area contributed by atoms with Crippen molar-refractivity contribution < 1.29 is 4.74 Å². The van der Waals surface area contributed by atoms with E-state index in [1.54, 1.807) is 0 Å². The summed E-state index contributed by atoms with van der Waals surface area (Å²) in [4.78, 5) is 0. The quantitative estimate of drug-likeness (QED) is 0.540. The second kappa shape index (κ2) is 7.63. The highest BCUT2D eigenvalue weighted by Crippen LogP contribution is 2.39. The van der Waals surface area contributed by atoms with Crippen LogP contribution in [0.3, 0.4) is 0 Å². The minimum atomic E-state index is -0.165. The fourth-order valence-electron chi connectivity index (χ4n) is 3.41. The van der Waals surface area contributed by atoms with E-state index in [1.807, 2.05) is 0 Å². The summed E-state index contributed by atoms with van der Waals surface area (Å²) in [6.45, 7) is 15.8. The predicted molar refractivity (Wildman–Crippen MR) is 93.6 cm³/mol. The van der Waals surface area contributed by atoms with Crippen LogP contribution in [0.15, 0.2) is 23.8 Å². The number of rotatable bonds is 5. The van der Waals surface area contributed by atoms with Gasteiger partial charge in [-0.05, 0) is 64.2 Å². The van der Waals surface area contributed by atoms with Gasteiger partial charge in [-0.25, -0.2) is 0 Å². The van der Waals surface area contributed by atoms with Gasteiger partial charge in [-0.15, -0.1) is 0 Å². The van der Waals surface area contributed by atoms with E-state index < -0.39 is 0 Å². The van der Waals surface area contributed by atoms with Crippen molar-refractivity contribution >= 4 is 0 Å². The first kappa shape index (κ1) is 18.5. The van der Waals surface area contributed by atoms with Gasteiger partial charge in [0.2, 0.25) is 0 Å². The summed E-state index contributed by atoms with van der Waals surface area (Å²) >= 11 is 0. The van der Waals surface area contributed by atoms with E-state index in [1.165, 1.54) is 31.3 Å². The predicted octanol–water partition coefficient (Wildman–Crippen LogP) is 6.30. The highest BCUT2D eigenvalue weighted by molar-refractivity contribution is 5.19. The van der Waals surface area contributed by atoms with Crippen molar-refractivity contribution in [2.75, 3.05) is 0 Å². The van der Waals surface area contributed by atoms with Crippen LogP contribution in [0.25, 0.3) is 0 Å². The Morgan fingerprint density at radius 2 is 1.62 bits per heavy atom. The molecule has 1 rings (SSSR count). The maximum Gasteiger partial charge on any atom is 0.0815 e. The molecule has 21 heavy (non-hydrogen) atoms. The van der Waals surface area contributed by atoms with Gasteiger partial charge in [0.05, 0.1) is 11.7 Å². The smallest absolute Gasteiger partial charge is 0.0815 e. The number of ether oxygens (including phenoxy) is 1. The molecule has 0 aromatic heterocycles. The van der Waals surface area contributed by atoms with Crippen LogP contribution in [-0.2, 0) is 4.74 Å². The Balaban J connectivity index is 2.52. The van der Waals surface area contributed by atoms with Gasteiger partial charge in [-0.1, -0.05) is 51.5 Å². The Labute approximate surface area is 132 Å². The van der Waals surface area contributed by atoms with Crippen LogP contribution in [0.5, 0.6) is 0 Å². The topological polar surface area (TPSA) is 9.23 Å². The van der Waals surface area contributed by atoms with Crippen LogP contribution >= 0.6 is 0 Å². The lowest BCUT2D eigenvalue weighted by Gasteiger charge is -2.39. The Hall–Kier alpha value is -0.560. The zero-order chi connectivity index (χ0) is 16.1. The van der Waals surface area contributed by atoms with E-state index >= 15 is 0 Å². The monoisotopic (exact) mass is 292 g/mol.